The maximum Gasteiger partial charge on any atom is 0.303 e. The number of hydrogen-bond acceptors (Lipinski definition) is 2. The van der Waals surface area contributed by atoms with Crippen LogP contribution in [0.1, 0.15) is 39.0 Å². The van der Waals surface area contributed by atoms with Crippen LogP contribution in [0.2, 0.25) is 0 Å². The summed E-state index contributed by atoms with van der Waals surface area (Å²) in [6.07, 6.45) is 4.81. The normalized spacial score (nSPS) is 19.8. The molecule has 1 saturated heterocycles. The predicted molar refractivity (Wildman–Crippen MR) is 56.3 cm³/mol. The highest BCUT2D eigenvalue weighted by Crippen LogP contribution is 2.22. The zero-order valence-electron chi connectivity index (χ0n) is 9.04. The van der Waals surface area contributed by atoms with E-state index in [1.807, 2.05) is 0 Å². The van der Waals surface area contributed by atoms with E-state index < -0.39 is 5.97 Å². The summed E-state index contributed by atoms with van der Waals surface area (Å²) in [6, 6.07) is 0. The number of carboxylic acid groups (broad SMARTS) is 1. The molecule has 1 N–H and O–H groups in total. The summed E-state index contributed by atoms with van der Waals surface area (Å²) in [5, 5.41) is 8.51. The van der Waals surface area contributed by atoms with E-state index in [2.05, 4.69) is 11.8 Å². The monoisotopic (exact) mass is 199 g/mol. The summed E-state index contributed by atoms with van der Waals surface area (Å²) >= 11 is 0. The van der Waals surface area contributed by atoms with E-state index in [0.717, 1.165) is 25.3 Å². The molecule has 82 valence electrons. The van der Waals surface area contributed by atoms with Gasteiger partial charge in [-0.15, -0.1) is 0 Å². The maximum atomic E-state index is 10.3. The number of carboxylic acids is 1. The maximum absolute atomic E-state index is 10.3. The van der Waals surface area contributed by atoms with E-state index >= 15 is 0 Å². The van der Waals surface area contributed by atoms with Crippen LogP contribution < -0.4 is 0 Å². The van der Waals surface area contributed by atoms with Gasteiger partial charge in [0.25, 0.3) is 0 Å². The zero-order valence-corrected chi connectivity index (χ0v) is 9.04. The first-order valence-electron chi connectivity index (χ1n) is 5.66. The van der Waals surface area contributed by atoms with Gasteiger partial charge in [-0.2, -0.15) is 0 Å². The Morgan fingerprint density at radius 1 is 1.43 bits per heavy atom. The van der Waals surface area contributed by atoms with Crippen LogP contribution in [-0.4, -0.2) is 35.6 Å². The molecule has 0 radical (unpaired) electrons. The Hall–Kier alpha value is -0.570. The Labute approximate surface area is 86.1 Å². The van der Waals surface area contributed by atoms with E-state index in [1.165, 1.54) is 25.9 Å². The van der Waals surface area contributed by atoms with Gasteiger partial charge in [0.05, 0.1) is 0 Å². The molecule has 0 aromatic rings. The molecular weight excluding hydrogens is 178 g/mol. The molecule has 3 heteroatoms. The van der Waals surface area contributed by atoms with Crippen LogP contribution in [0.5, 0.6) is 0 Å². The molecule has 14 heavy (non-hydrogen) atoms. The fraction of sp³-hybridized carbons (Fsp3) is 0.909. The molecule has 0 unspecified atom stereocenters. The SMILES string of the molecule is CCN1CCC(CCCC(=O)O)CC1. The third-order valence-corrected chi connectivity index (χ3v) is 3.16. The van der Waals surface area contributed by atoms with Crippen molar-refractivity contribution in [2.45, 2.75) is 39.0 Å². The molecule has 1 heterocycles. The molecule has 1 fully saturated rings. The van der Waals surface area contributed by atoms with Crippen LogP contribution >= 0.6 is 0 Å². The Balaban J connectivity index is 2.07. The van der Waals surface area contributed by atoms with Gasteiger partial charge in [-0.25, -0.2) is 0 Å². The lowest BCUT2D eigenvalue weighted by atomic mass is 9.91. The second kappa shape index (κ2) is 6.02. The van der Waals surface area contributed by atoms with Gasteiger partial charge in [0.1, 0.15) is 0 Å². The molecule has 1 aliphatic rings. The van der Waals surface area contributed by atoms with Crippen LogP contribution in [0.15, 0.2) is 0 Å². The minimum Gasteiger partial charge on any atom is -0.481 e. The van der Waals surface area contributed by atoms with Crippen molar-refractivity contribution >= 4 is 5.97 Å². The molecule has 0 amide bonds. The lowest BCUT2D eigenvalue weighted by Gasteiger charge is -2.30. The van der Waals surface area contributed by atoms with E-state index in [1.54, 1.807) is 0 Å². The van der Waals surface area contributed by atoms with Gasteiger partial charge in [-0.3, -0.25) is 4.79 Å². The first-order valence-corrected chi connectivity index (χ1v) is 5.66. The lowest BCUT2D eigenvalue weighted by Crippen LogP contribution is -2.33. The van der Waals surface area contributed by atoms with Crippen LogP contribution in [0.4, 0.5) is 0 Å². The third-order valence-electron chi connectivity index (χ3n) is 3.16. The molecule has 1 aliphatic heterocycles. The molecule has 0 saturated carbocycles. The van der Waals surface area contributed by atoms with Crippen molar-refractivity contribution in [3.05, 3.63) is 0 Å². The van der Waals surface area contributed by atoms with Crippen molar-refractivity contribution < 1.29 is 9.90 Å². The number of piperidine rings is 1. The molecule has 0 aromatic heterocycles. The highest BCUT2D eigenvalue weighted by Gasteiger charge is 2.17. The van der Waals surface area contributed by atoms with Crippen molar-refractivity contribution in [2.24, 2.45) is 5.92 Å². The number of aliphatic carboxylic acids is 1. The summed E-state index contributed by atoms with van der Waals surface area (Å²) in [4.78, 5) is 12.8. The van der Waals surface area contributed by atoms with Crippen LogP contribution in [0, 0.1) is 5.92 Å². The number of rotatable bonds is 5. The second-order valence-corrected chi connectivity index (χ2v) is 4.16. The highest BCUT2D eigenvalue weighted by atomic mass is 16.4. The van der Waals surface area contributed by atoms with Gasteiger partial charge in [0.2, 0.25) is 0 Å². The standard InChI is InChI=1S/C11H21NO2/c1-2-12-8-6-10(7-9-12)4-3-5-11(13)14/h10H,2-9H2,1H3,(H,13,14). The number of nitrogens with zero attached hydrogens (tertiary/aromatic N) is 1. The predicted octanol–water partition coefficient (Wildman–Crippen LogP) is 1.97. The number of likely N-dealkylation sites (tertiary alicyclic amines) is 1. The second-order valence-electron chi connectivity index (χ2n) is 4.16. The number of carbonyl (C=O) groups is 1. The molecule has 3 nitrogen and oxygen atoms in total. The summed E-state index contributed by atoms with van der Waals surface area (Å²) < 4.78 is 0. The lowest BCUT2D eigenvalue weighted by molar-refractivity contribution is -0.137. The largest absolute Gasteiger partial charge is 0.481 e. The van der Waals surface area contributed by atoms with Gasteiger partial charge in [-0.1, -0.05) is 6.92 Å². The molecule has 0 atom stereocenters. The Bertz CT molecular complexity index is 174. The highest BCUT2D eigenvalue weighted by molar-refractivity contribution is 5.66. The van der Waals surface area contributed by atoms with E-state index in [-0.39, 0.29) is 0 Å². The fourth-order valence-corrected chi connectivity index (χ4v) is 2.13. The average molecular weight is 199 g/mol. The molecule has 0 aliphatic carbocycles. The summed E-state index contributed by atoms with van der Waals surface area (Å²) in [5.41, 5.74) is 0. The van der Waals surface area contributed by atoms with Gasteiger partial charge < -0.3 is 10.0 Å². The minimum atomic E-state index is -0.656. The first kappa shape index (κ1) is 11.5. The summed E-state index contributed by atoms with van der Waals surface area (Å²) in [5.74, 6) is 0.119. The van der Waals surface area contributed by atoms with Crippen LogP contribution in [-0.2, 0) is 4.79 Å². The fourth-order valence-electron chi connectivity index (χ4n) is 2.13. The smallest absolute Gasteiger partial charge is 0.303 e. The first-order chi connectivity index (χ1) is 6.72. The van der Waals surface area contributed by atoms with Gasteiger partial charge >= 0.3 is 5.97 Å². The van der Waals surface area contributed by atoms with Crippen molar-refractivity contribution in [1.82, 2.24) is 4.90 Å². The Morgan fingerprint density at radius 3 is 2.57 bits per heavy atom. The van der Waals surface area contributed by atoms with Gasteiger partial charge in [-0.05, 0) is 51.2 Å². The third kappa shape index (κ3) is 4.09. The zero-order chi connectivity index (χ0) is 10.4. The molecule has 0 bridgehead atoms. The average Bonchev–Trinajstić information content (AvgIpc) is 2.18. The molecule has 0 aromatic carbocycles. The number of hydrogen-bond donors (Lipinski definition) is 1. The molecule has 1 rings (SSSR count). The van der Waals surface area contributed by atoms with Crippen molar-refractivity contribution in [1.29, 1.82) is 0 Å². The Morgan fingerprint density at radius 2 is 2.07 bits per heavy atom. The van der Waals surface area contributed by atoms with E-state index in [0.29, 0.717) is 6.42 Å². The minimum absolute atomic E-state index is 0.341. The summed E-state index contributed by atoms with van der Waals surface area (Å²) in [6.45, 7) is 5.76. The van der Waals surface area contributed by atoms with Gasteiger partial charge in [0.15, 0.2) is 0 Å². The van der Waals surface area contributed by atoms with Crippen molar-refractivity contribution in [2.75, 3.05) is 19.6 Å². The summed E-state index contributed by atoms with van der Waals surface area (Å²) in [7, 11) is 0. The Kier molecular flexibility index (Phi) is 4.94. The van der Waals surface area contributed by atoms with Crippen LogP contribution in [0.3, 0.4) is 0 Å². The van der Waals surface area contributed by atoms with E-state index in [4.69, 9.17) is 5.11 Å². The van der Waals surface area contributed by atoms with Gasteiger partial charge in [0, 0.05) is 6.42 Å². The molecule has 0 spiro atoms. The quantitative estimate of drug-likeness (QED) is 0.736. The van der Waals surface area contributed by atoms with Crippen LogP contribution in [0.25, 0.3) is 0 Å². The molecular formula is C11H21NO2. The topological polar surface area (TPSA) is 40.5 Å². The van der Waals surface area contributed by atoms with E-state index in [9.17, 15) is 4.79 Å². The van der Waals surface area contributed by atoms with Crippen molar-refractivity contribution in [3.8, 4) is 0 Å². The van der Waals surface area contributed by atoms with Crippen molar-refractivity contribution in [3.63, 3.8) is 0 Å².